The molecule has 0 atom stereocenters. The molecule has 2 N–H and O–H groups in total. The monoisotopic (exact) mass is 375 g/mol. The lowest BCUT2D eigenvalue weighted by molar-refractivity contribution is -0.121. The largest absolute Gasteiger partial charge is 0.493 e. The van der Waals surface area contributed by atoms with Crippen molar-refractivity contribution in [3.8, 4) is 5.75 Å². The van der Waals surface area contributed by atoms with E-state index in [1.165, 1.54) is 6.20 Å². The van der Waals surface area contributed by atoms with E-state index in [0.717, 1.165) is 11.3 Å². The first kappa shape index (κ1) is 19.1. The average molecular weight is 375 g/mol. The van der Waals surface area contributed by atoms with E-state index in [1.54, 1.807) is 30.5 Å². The Kier molecular flexibility index (Phi) is 6.73. The zero-order valence-electron chi connectivity index (χ0n) is 15.3. The van der Waals surface area contributed by atoms with Crippen molar-refractivity contribution in [2.45, 2.75) is 13.0 Å². The molecule has 0 aliphatic carbocycles. The number of benzene rings is 2. The molecule has 0 aliphatic heterocycles. The number of nitrogens with zero attached hydrogens (tertiary/aromatic N) is 1. The Morgan fingerprint density at radius 1 is 0.929 bits per heavy atom. The molecule has 3 rings (SSSR count). The van der Waals surface area contributed by atoms with Crippen LogP contribution in [0.5, 0.6) is 5.75 Å². The first-order valence-electron chi connectivity index (χ1n) is 8.95. The van der Waals surface area contributed by atoms with E-state index in [2.05, 4.69) is 15.6 Å². The summed E-state index contributed by atoms with van der Waals surface area (Å²) in [6, 6.07) is 20.1. The standard InChI is InChI=1S/C22H21N3O3/c26-21(12-14-28-20-6-2-1-3-7-20)24-15-17-8-10-19(11-9-17)25-22(27)18-5-4-13-23-16-18/h1-11,13,16H,12,14-15H2,(H,24,26)(H,25,27). The van der Waals surface area contributed by atoms with Crippen LogP contribution in [0, 0.1) is 0 Å². The van der Waals surface area contributed by atoms with Crippen LogP contribution in [-0.2, 0) is 11.3 Å². The van der Waals surface area contributed by atoms with Gasteiger partial charge in [-0.1, -0.05) is 30.3 Å². The number of pyridine rings is 1. The number of carbonyl (C=O) groups excluding carboxylic acids is 2. The Morgan fingerprint density at radius 2 is 1.71 bits per heavy atom. The van der Waals surface area contributed by atoms with E-state index in [9.17, 15) is 9.59 Å². The summed E-state index contributed by atoms with van der Waals surface area (Å²) in [6.45, 7) is 0.746. The highest BCUT2D eigenvalue weighted by Crippen LogP contribution is 2.11. The first-order chi connectivity index (χ1) is 13.7. The summed E-state index contributed by atoms with van der Waals surface area (Å²) in [4.78, 5) is 27.9. The number of anilines is 1. The predicted octanol–water partition coefficient (Wildman–Crippen LogP) is 3.42. The minimum Gasteiger partial charge on any atom is -0.493 e. The number of carbonyl (C=O) groups is 2. The van der Waals surface area contributed by atoms with Gasteiger partial charge in [-0.2, -0.15) is 0 Å². The summed E-state index contributed by atoms with van der Waals surface area (Å²) in [7, 11) is 0. The predicted molar refractivity (Wildman–Crippen MR) is 107 cm³/mol. The molecule has 0 spiro atoms. The van der Waals surface area contributed by atoms with Gasteiger partial charge in [-0.25, -0.2) is 0 Å². The lowest BCUT2D eigenvalue weighted by atomic mass is 10.2. The molecule has 0 fully saturated rings. The van der Waals surface area contributed by atoms with Crippen LogP contribution in [0.15, 0.2) is 79.1 Å². The van der Waals surface area contributed by atoms with Gasteiger partial charge in [-0.05, 0) is 42.0 Å². The van der Waals surface area contributed by atoms with Crippen LogP contribution in [0.25, 0.3) is 0 Å². The molecule has 0 saturated heterocycles. The number of amides is 2. The van der Waals surface area contributed by atoms with Gasteiger partial charge >= 0.3 is 0 Å². The van der Waals surface area contributed by atoms with Crippen molar-refractivity contribution < 1.29 is 14.3 Å². The Hall–Kier alpha value is -3.67. The average Bonchev–Trinajstić information content (AvgIpc) is 2.74. The molecule has 1 aromatic heterocycles. The van der Waals surface area contributed by atoms with Crippen molar-refractivity contribution >= 4 is 17.5 Å². The van der Waals surface area contributed by atoms with Crippen LogP contribution in [0.2, 0.25) is 0 Å². The zero-order valence-corrected chi connectivity index (χ0v) is 15.3. The second-order valence-corrected chi connectivity index (χ2v) is 6.08. The quantitative estimate of drug-likeness (QED) is 0.632. The SMILES string of the molecule is O=C(CCOc1ccccc1)NCc1ccc(NC(=O)c2cccnc2)cc1. The van der Waals surface area contributed by atoms with E-state index >= 15 is 0 Å². The molecular weight excluding hydrogens is 354 g/mol. The third kappa shape index (κ3) is 5.95. The normalized spacial score (nSPS) is 10.1. The van der Waals surface area contributed by atoms with Gasteiger partial charge in [0.15, 0.2) is 0 Å². The highest BCUT2D eigenvalue weighted by atomic mass is 16.5. The molecule has 1 heterocycles. The maximum Gasteiger partial charge on any atom is 0.257 e. The molecule has 2 amide bonds. The number of hydrogen-bond acceptors (Lipinski definition) is 4. The van der Waals surface area contributed by atoms with Gasteiger partial charge in [0.2, 0.25) is 5.91 Å². The van der Waals surface area contributed by atoms with Gasteiger partial charge in [0.1, 0.15) is 5.75 Å². The second kappa shape index (κ2) is 9.87. The fourth-order valence-electron chi connectivity index (χ4n) is 2.47. The molecule has 0 saturated carbocycles. The lowest BCUT2D eigenvalue weighted by Crippen LogP contribution is -2.24. The topological polar surface area (TPSA) is 80.3 Å². The molecule has 3 aromatic rings. The Morgan fingerprint density at radius 3 is 2.43 bits per heavy atom. The number of ether oxygens (including phenoxy) is 1. The zero-order chi connectivity index (χ0) is 19.6. The Labute approximate surface area is 163 Å². The van der Waals surface area contributed by atoms with E-state index in [4.69, 9.17) is 4.74 Å². The van der Waals surface area contributed by atoms with Crippen LogP contribution in [0.1, 0.15) is 22.3 Å². The minimum atomic E-state index is -0.215. The van der Waals surface area contributed by atoms with Gasteiger partial charge in [-0.3, -0.25) is 14.6 Å². The molecule has 142 valence electrons. The smallest absolute Gasteiger partial charge is 0.257 e. The van der Waals surface area contributed by atoms with Crippen molar-refractivity contribution in [2.24, 2.45) is 0 Å². The maximum atomic E-state index is 12.1. The maximum absolute atomic E-state index is 12.1. The van der Waals surface area contributed by atoms with Crippen molar-refractivity contribution in [1.29, 1.82) is 0 Å². The van der Waals surface area contributed by atoms with Crippen molar-refractivity contribution in [3.05, 3.63) is 90.3 Å². The van der Waals surface area contributed by atoms with Crippen LogP contribution >= 0.6 is 0 Å². The van der Waals surface area contributed by atoms with Crippen molar-refractivity contribution in [1.82, 2.24) is 10.3 Å². The molecular formula is C22H21N3O3. The number of aromatic nitrogens is 1. The minimum absolute atomic E-state index is 0.0788. The van der Waals surface area contributed by atoms with Gasteiger partial charge < -0.3 is 15.4 Å². The van der Waals surface area contributed by atoms with Gasteiger partial charge in [0, 0.05) is 24.6 Å². The third-order valence-electron chi connectivity index (χ3n) is 3.97. The summed E-state index contributed by atoms with van der Waals surface area (Å²) in [5, 5.41) is 5.67. The molecule has 6 heteroatoms. The van der Waals surface area contributed by atoms with Gasteiger partial charge in [0.25, 0.3) is 5.91 Å². The fourth-order valence-corrected chi connectivity index (χ4v) is 2.47. The molecule has 0 aliphatic rings. The highest BCUT2D eigenvalue weighted by Gasteiger charge is 2.06. The summed E-state index contributed by atoms with van der Waals surface area (Å²) in [5.74, 6) is 0.455. The Balaban J connectivity index is 1.40. The van der Waals surface area contributed by atoms with E-state index in [0.29, 0.717) is 24.4 Å². The van der Waals surface area contributed by atoms with E-state index in [-0.39, 0.29) is 18.2 Å². The first-order valence-corrected chi connectivity index (χ1v) is 8.95. The van der Waals surface area contributed by atoms with E-state index in [1.807, 2.05) is 42.5 Å². The Bertz CT molecular complexity index is 897. The van der Waals surface area contributed by atoms with Crippen LogP contribution in [0.4, 0.5) is 5.69 Å². The number of hydrogen-bond donors (Lipinski definition) is 2. The van der Waals surface area contributed by atoms with Gasteiger partial charge in [-0.15, -0.1) is 0 Å². The summed E-state index contributed by atoms with van der Waals surface area (Å²) >= 11 is 0. The second-order valence-electron chi connectivity index (χ2n) is 6.08. The molecule has 0 unspecified atom stereocenters. The van der Waals surface area contributed by atoms with Crippen LogP contribution in [0.3, 0.4) is 0 Å². The molecule has 28 heavy (non-hydrogen) atoms. The van der Waals surface area contributed by atoms with E-state index < -0.39 is 0 Å². The molecule has 0 bridgehead atoms. The number of rotatable bonds is 8. The van der Waals surface area contributed by atoms with Crippen molar-refractivity contribution in [3.63, 3.8) is 0 Å². The molecule has 6 nitrogen and oxygen atoms in total. The third-order valence-corrected chi connectivity index (χ3v) is 3.97. The summed E-state index contributed by atoms with van der Waals surface area (Å²) in [6.07, 6.45) is 3.42. The summed E-state index contributed by atoms with van der Waals surface area (Å²) < 4.78 is 5.51. The highest BCUT2D eigenvalue weighted by molar-refractivity contribution is 6.04. The fraction of sp³-hybridized carbons (Fsp3) is 0.136. The van der Waals surface area contributed by atoms with Gasteiger partial charge in [0.05, 0.1) is 18.6 Å². The number of nitrogens with one attached hydrogen (secondary N) is 2. The molecule has 2 aromatic carbocycles. The molecule has 0 radical (unpaired) electrons. The number of para-hydroxylation sites is 1. The summed E-state index contributed by atoms with van der Waals surface area (Å²) in [5.41, 5.74) is 2.12. The van der Waals surface area contributed by atoms with Crippen LogP contribution in [-0.4, -0.2) is 23.4 Å². The van der Waals surface area contributed by atoms with Crippen LogP contribution < -0.4 is 15.4 Å². The van der Waals surface area contributed by atoms with Crippen molar-refractivity contribution in [2.75, 3.05) is 11.9 Å². The lowest BCUT2D eigenvalue weighted by Gasteiger charge is -2.09.